The van der Waals surface area contributed by atoms with Crippen molar-refractivity contribution in [2.75, 3.05) is 21.1 Å². The lowest BCUT2D eigenvalue weighted by molar-refractivity contribution is -0.119. The minimum absolute atomic E-state index is 0.0278. The number of H-pyrrole nitrogens is 1. The van der Waals surface area contributed by atoms with Crippen LogP contribution in [0.4, 0.5) is 40.4 Å². The first-order valence-electron chi connectivity index (χ1n) is 11.6. The number of amides is 1. The number of hydrogen-bond acceptors (Lipinski definition) is 7. The van der Waals surface area contributed by atoms with Crippen molar-refractivity contribution in [1.29, 1.82) is 0 Å². The first kappa shape index (κ1) is 26.4. The lowest BCUT2D eigenvalue weighted by Crippen LogP contribution is -2.18. The second kappa shape index (κ2) is 9.52. The summed E-state index contributed by atoms with van der Waals surface area (Å²) in [4.78, 5) is 26.5. The zero-order chi connectivity index (χ0) is 28.1. The van der Waals surface area contributed by atoms with Crippen LogP contribution in [0.1, 0.15) is 25.6 Å². The van der Waals surface area contributed by atoms with Crippen LogP contribution in [-0.2, 0) is 21.9 Å². The molecule has 1 fully saturated rings. The fraction of sp³-hybridized carbons (Fsp3) is 0.304. The smallest absolute Gasteiger partial charge is 0.295 e. The van der Waals surface area contributed by atoms with Crippen LogP contribution in [0.15, 0.2) is 36.8 Å². The Hall–Kier alpha value is -4.21. The zero-order valence-electron chi connectivity index (χ0n) is 20.5. The molecule has 0 spiro atoms. The van der Waals surface area contributed by atoms with Crippen LogP contribution in [0.3, 0.4) is 0 Å². The Balaban J connectivity index is 1.57. The second-order valence-electron chi connectivity index (χ2n) is 8.96. The van der Waals surface area contributed by atoms with Crippen molar-refractivity contribution in [2.24, 2.45) is 13.0 Å². The molecule has 206 valence electrons. The van der Waals surface area contributed by atoms with E-state index in [9.17, 15) is 30.8 Å². The molecule has 1 saturated carbocycles. The molecule has 1 aliphatic carbocycles. The highest BCUT2D eigenvalue weighted by atomic mass is 32.2. The quantitative estimate of drug-likeness (QED) is 0.220. The summed E-state index contributed by atoms with van der Waals surface area (Å²) in [6, 6.07) is 6.08. The summed E-state index contributed by atoms with van der Waals surface area (Å²) in [7, 11) is -1.97. The lowest BCUT2D eigenvalue weighted by Gasteiger charge is -2.16. The molecule has 0 saturated heterocycles. The number of alkyl halides is 4. The highest BCUT2D eigenvalue weighted by Crippen LogP contribution is 2.49. The van der Waals surface area contributed by atoms with Crippen molar-refractivity contribution in [3.63, 3.8) is 0 Å². The predicted molar refractivity (Wildman–Crippen MR) is 136 cm³/mol. The topological polar surface area (TPSA) is 147 Å². The minimum atomic E-state index is -3.74. The molecule has 1 amide bonds. The highest BCUT2D eigenvalue weighted by Gasteiger charge is 2.61. The second-order valence-corrected chi connectivity index (χ2v) is 11.0. The Labute approximate surface area is 219 Å². The molecular weight excluding hydrogens is 544 g/mol. The normalized spacial score (nSPS) is 16.4. The number of fused-ring (bicyclic) bond motifs is 1. The maximum atomic E-state index is 13.4. The molecule has 4 N–H and O–H groups in total. The van der Waals surface area contributed by atoms with Crippen LogP contribution in [0.2, 0.25) is 0 Å². The molecule has 0 radical (unpaired) electrons. The van der Waals surface area contributed by atoms with Crippen LogP contribution >= 0.6 is 0 Å². The molecule has 1 aliphatic rings. The maximum absolute atomic E-state index is 13.4. The molecule has 4 aromatic rings. The van der Waals surface area contributed by atoms with E-state index in [1.807, 2.05) is 0 Å². The fourth-order valence-corrected chi connectivity index (χ4v) is 4.55. The average molecular weight is 567 g/mol. The summed E-state index contributed by atoms with van der Waals surface area (Å²) in [5.41, 5.74) is 1.59. The van der Waals surface area contributed by atoms with Gasteiger partial charge in [0.05, 0.1) is 41.0 Å². The first-order chi connectivity index (χ1) is 18.4. The van der Waals surface area contributed by atoms with Gasteiger partial charge in [0.25, 0.3) is 12.3 Å². The molecule has 3 heterocycles. The van der Waals surface area contributed by atoms with E-state index in [4.69, 9.17) is 0 Å². The number of aryl methyl sites for hydroxylation is 1. The number of pyridine rings is 1. The zero-order valence-corrected chi connectivity index (χ0v) is 21.3. The van der Waals surface area contributed by atoms with Crippen molar-refractivity contribution >= 4 is 50.0 Å². The molecule has 1 atom stereocenters. The van der Waals surface area contributed by atoms with Crippen molar-refractivity contribution in [3.8, 4) is 11.3 Å². The summed E-state index contributed by atoms with van der Waals surface area (Å²) < 4.78 is 82.7. The van der Waals surface area contributed by atoms with Gasteiger partial charge >= 0.3 is 0 Å². The van der Waals surface area contributed by atoms with Crippen molar-refractivity contribution in [2.45, 2.75) is 25.7 Å². The van der Waals surface area contributed by atoms with E-state index in [1.165, 1.54) is 13.0 Å². The summed E-state index contributed by atoms with van der Waals surface area (Å²) in [6.45, 7) is 1.46. The fourth-order valence-electron chi connectivity index (χ4n) is 3.90. The summed E-state index contributed by atoms with van der Waals surface area (Å²) in [6.07, 6.45) is -0.395. The monoisotopic (exact) mass is 566 g/mol. The number of aromatic nitrogens is 5. The summed E-state index contributed by atoms with van der Waals surface area (Å²) in [5.74, 6) is -6.73. The van der Waals surface area contributed by atoms with Crippen LogP contribution in [0.25, 0.3) is 22.4 Å². The van der Waals surface area contributed by atoms with Gasteiger partial charge < -0.3 is 20.2 Å². The number of imidazole rings is 2. The third-order valence-corrected chi connectivity index (χ3v) is 7.42. The van der Waals surface area contributed by atoms with Crippen molar-refractivity contribution in [3.05, 3.63) is 42.6 Å². The predicted octanol–water partition coefficient (Wildman–Crippen LogP) is 4.39. The van der Waals surface area contributed by atoms with Crippen LogP contribution < -0.4 is 15.4 Å². The van der Waals surface area contributed by atoms with Gasteiger partial charge in [0, 0.05) is 25.1 Å². The molecule has 39 heavy (non-hydrogen) atoms. The average Bonchev–Trinajstić information content (AvgIpc) is 3.18. The third-order valence-electron chi connectivity index (χ3n) is 6.13. The van der Waals surface area contributed by atoms with Gasteiger partial charge in [-0.3, -0.25) is 9.52 Å². The number of rotatable bonds is 9. The number of halogens is 4. The number of hydrogen-bond donors (Lipinski definition) is 4. The number of nitrogens with one attached hydrogen (secondary N) is 4. The van der Waals surface area contributed by atoms with Gasteiger partial charge in [-0.1, -0.05) is 6.07 Å². The molecule has 5 rings (SSSR count). The molecule has 11 nitrogen and oxygen atoms in total. The van der Waals surface area contributed by atoms with E-state index in [1.54, 1.807) is 42.3 Å². The van der Waals surface area contributed by atoms with E-state index in [0.29, 0.717) is 11.3 Å². The number of nitrogens with zero attached hydrogens (tertiary/aromatic N) is 4. The van der Waals surface area contributed by atoms with Crippen molar-refractivity contribution < 1.29 is 30.8 Å². The largest absolute Gasteiger partial charge is 0.352 e. The SMILES string of the molecule is CCS(=O)(=O)Nc1cc(-c2cncn2C)ccc1Nc1cc(NC(=O)C2CC2(F)F)nc2nc(C(F)F)[nH]c12. The van der Waals surface area contributed by atoms with Gasteiger partial charge in [-0.25, -0.2) is 40.9 Å². The van der Waals surface area contributed by atoms with E-state index in [-0.39, 0.29) is 39.8 Å². The first-order valence-corrected chi connectivity index (χ1v) is 13.3. The van der Waals surface area contributed by atoms with E-state index in [0.717, 1.165) is 0 Å². The number of aromatic amines is 1. The van der Waals surface area contributed by atoms with Gasteiger partial charge in [-0.05, 0) is 19.1 Å². The number of anilines is 4. The van der Waals surface area contributed by atoms with E-state index in [2.05, 4.69) is 35.3 Å². The van der Waals surface area contributed by atoms with Crippen LogP contribution in [0, 0.1) is 5.92 Å². The molecule has 0 aliphatic heterocycles. The van der Waals surface area contributed by atoms with Gasteiger partial charge in [0.1, 0.15) is 17.3 Å². The Morgan fingerprint density at radius 1 is 1.21 bits per heavy atom. The Bertz CT molecular complexity index is 1690. The number of sulfonamides is 1. The standard InChI is InChI=1S/C23H22F4N8O3S/c1-3-39(37,38)34-14-6-11(16-9-28-10-35(16)2)4-5-13(14)29-15-7-17(31-22(36)12-8-23(12,26)27)30-20-18(15)32-21(33-20)19(24)25/h4-7,9-10,12,19,34H,3,8H2,1-2H3,(H3,29,30,31,32,33,36). The van der Waals surface area contributed by atoms with Crippen LogP contribution in [-0.4, -0.2) is 50.5 Å². The Morgan fingerprint density at radius 2 is 1.95 bits per heavy atom. The third kappa shape index (κ3) is 5.36. The lowest BCUT2D eigenvalue weighted by atomic mass is 10.1. The van der Waals surface area contributed by atoms with E-state index < -0.39 is 46.4 Å². The highest BCUT2D eigenvalue weighted by molar-refractivity contribution is 7.92. The Kier molecular flexibility index (Phi) is 6.44. The number of benzene rings is 1. The molecule has 16 heteroatoms. The summed E-state index contributed by atoms with van der Waals surface area (Å²) >= 11 is 0. The molecular formula is C23H22F4N8O3S. The summed E-state index contributed by atoms with van der Waals surface area (Å²) in [5, 5.41) is 5.25. The van der Waals surface area contributed by atoms with E-state index >= 15 is 0 Å². The Morgan fingerprint density at radius 3 is 2.56 bits per heavy atom. The van der Waals surface area contributed by atoms with Crippen molar-refractivity contribution in [1.82, 2.24) is 24.5 Å². The van der Waals surface area contributed by atoms with Gasteiger partial charge in [0.2, 0.25) is 15.9 Å². The van der Waals surface area contributed by atoms with Gasteiger partial charge in [0.15, 0.2) is 11.5 Å². The molecule has 3 aromatic heterocycles. The van der Waals surface area contributed by atoms with Gasteiger partial charge in [-0.15, -0.1) is 0 Å². The van der Waals surface area contributed by atoms with Crippen LogP contribution in [0.5, 0.6) is 0 Å². The maximum Gasteiger partial charge on any atom is 0.295 e. The minimum Gasteiger partial charge on any atom is -0.352 e. The number of carbonyl (C=O) groups is 1. The molecule has 1 aromatic carbocycles. The molecule has 0 bridgehead atoms. The molecule has 1 unspecified atom stereocenters. The number of carbonyl (C=O) groups excluding carboxylic acids is 1. The van der Waals surface area contributed by atoms with Gasteiger partial charge in [-0.2, -0.15) is 0 Å².